The van der Waals surface area contributed by atoms with Gasteiger partial charge in [0.05, 0.1) is 0 Å². The second-order valence-corrected chi connectivity index (χ2v) is 3.87. The van der Waals surface area contributed by atoms with E-state index in [-0.39, 0.29) is 5.54 Å². The lowest BCUT2D eigenvalue weighted by Crippen LogP contribution is -2.56. The molecule has 1 fully saturated rings. The smallest absolute Gasteiger partial charge is 0.0361 e. The fourth-order valence-corrected chi connectivity index (χ4v) is 2.01. The molecule has 48 valence electrons. The highest BCUT2D eigenvalue weighted by Crippen LogP contribution is 2.32. The first-order valence-corrected chi connectivity index (χ1v) is 4.17. The minimum Gasteiger partial charge on any atom is -0.323 e. The lowest BCUT2D eigenvalue weighted by atomic mass is 9.91. The van der Waals surface area contributed by atoms with Crippen molar-refractivity contribution in [2.24, 2.45) is 11.7 Å². The van der Waals surface area contributed by atoms with E-state index >= 15 is 0 Å². The summed E-state index contributed by atoms with van der Waals surface area (Å²) < 4.78 is 0. The molecule has 0 spiro atoms. The third-order valence-electron chi connectivity index (χ3n) is 1.89. The van der Waals surface area contributed by atoms with Crippen LogP contribution in [0.15, 0.2) is 0 Å². The molecule has 1 nitrogen and oxygen atoms in total. The molecule has 2 N–H and O–H groups in total. The molecule has 0 aromatic rings. The molecule has 1 saturated heterocycles. The summed E-state index contributed by atoms with van der Waals surface area (Å²) in [7, 11) is 0. The van der Waals surface area contributed by atoms with Crippen LogP contribution in [-0.4, -0.2) is 17.0 Å². The summed E-state index contributed by atoms with van der Waals surface area (Å²) in [6.45, 7) is 4.39. The maximum Gasteiger partial charge on any atom is 0.0361 e. The van der Waals surface area contributed by atoms with Gasteiger partial charge in [-0.1, -0.05) is 13.8 Å². The normalized spacial score (nSPS) is 25.5. The van der Waals surface area contributed by atoms with Crippen molar-refractivity contribution < 1.29 is 0 Å². The molecular weight excluding hydrogens is 118 g/mol. The van der Waals surface area contributed by atoms with Crippen molar-refractivity contribution in [1.82, 2.24) is 0 Å². The van der Waals surface area contributed by atoms with Gasteiger partial charge >= 0.3 is 0 Å². The van der Waals surface area contributed by atoms with Crippen LogP contribution >= 0.6 is 11.8 Å². The summed E-state index contributed by atoms with van der Waals surface area (Å²) in [5, 5.41) is 0. The van der Waals surface area contributed by atoms with Crippen molar-refractivity contribution >= 4 is 11.8 Å². The average molecular weight is 131 g/mol. The van der Waals surface area contributed by atoms with Crippen molar-refractivity contribution in [1.29, 1.82) is 0 Å². The van der Waals surface area contributed by atoms with Crippen molar-refractivity contribution in [2.45, 2.75) is 19.4 Å². The number of nitrogens with two attached hydrogens (primary N) is 1. The molecule has 0 aromatic heterocycles. The maximum atomic E-state index is 5.92. The first-order valence-electron chi connectivity index (χ1n) is 3.02. The number of thioether (sulfide) groups is 1. The van der Waals surface area contributed by atoms with Crippen LogP contribution in [0, 0.1) is 5.92 Å². The second kappa shape index (κ2) is 1.92. The molecular formula is C6H13NS. The molecule has 0 saturated carbocycles. The Labute approximate surface area is 55.0 Å². The fourth-order valence-electron chi connectivity index (χ4n) is 0.671. The van der Waals surface area contributed by atoms with E-state index in [9.17, 15) is 0 Å². The zero-order valence-electron chi connectivity index (χ0n) is 5.48. The van der Waals surface area contributed by atoms with E-state index in [1.165, 1.54) is 0 Å². The van der Waals surface area contributed by atoms with Gasteiger partial charge in [-0.05, 0) is 5.92 Å². The first-order chi connectivity index (χ1) is 3.65. The Hall–Kier alpha value is 0.310. The van der Waals surface area contributed by atoms with Crippen LogP contribution in [0.4, 0.5) is 0 Å². The van der Waals surface area contributed by atoms with Crippen molar-refractivity contribution in [3.8, 4) is 0 Å². The van der Waals surface area contributed by atoms with Crippen LogP contribution in [0.1, 0.15) is 13.8 Å². The van der Waals surface area contributed by atoms with Gasteiger partial charge in [-0.3, -0.25) is 0 Å². The molecule has 1 heterocycles. The molecule has 0 aliphatic carbocycles. The quantitative estimate of drug-likeness (QED) is 0.576. The summed E-state index contributed by atoms with van der Waals surface area (Å²) in [4.78, 5) is 0. The zero-order chi connectivity index (χ0) is 6.20. The molecule has 0 unspecified atom stereocenters. The van der Waals surface area contributed by atoms with Gasteiger partial charge in [0.2, 0.25) is 0 Å². The zero-order valence-corrected chi connectivity index (χ0v) is 6.29. The van der Waals surface area contributed by atoms with Gasteiger partial charge in [-0.15, -0.1) is 0 Å². The predicted octanol–water partition coefficient (Wildman–Crippen LogP) is 1.09. The van der Waals surface area contributed by atoms with Gasteiger partial charge in [0.1, 0.15) is 0 Å². The Morgan fingerprint density at radius 3 is 2.00 bits per heavy atom. The monoisotopic (exact) mass is 131 g/mol. The largest absolute Gasteiger partial charge is 0.323 e. The third-order valence-corrected chi connectivity index (χ3v) is 3.37. The van der Waals surface area contributed by atoms with Crippen LogP contribution in [0.2, 0.25) is 0 Å². The van der Waals surface area contributed by atoms with E-state index < -0.39 is 0 Å². The maximum absolute atomic E-state index is 5.92. The Bertz CT molecular complexity index is 86.5. The second-order valence-electron chi connectivity index (χ2n) is 2.88. The highest BCUT2D eigenvalue weighted by molar-refractivity contribution is 8.00. The molecule has 1 aliphatic rings. The Balaban J connectivity index is 2.41. The molecule has 1 aliphatic heterocycles. The molecule has 0 atom stereocenters. The predicted molar refractivity (Wildman–Crippen MR) is 39.1 cm³/mol. The first kappa shape index (κ1) is 6.43. The highest BCUT2D eigenvalue weighted by atomic mass is 32.2. The van der Waals surface area contributed by atoms with Crippen LogP contribution in [0.25, 0.3) is 0 Å². The summed E-state index contributed by atoms with van der Waals surface area (Å²) in [6.07, 6.45) is 0. The van der Waals surface area contributed by atoms with Crippen LogP contribution in [0.3, 0.4) is 0 Å². The molecule has 0 aromatic carbocycles. The van der Waals surface area contributed by atoms with Gasteiger partial charge in [0.15, 0.2) is 0 Å². The van der Waals surface area contributed by atoms with E-state index in [1.54, 1.807) is 0 Å². The molecule has 0 radical (unpaired) electrons. The standard InChI is InChI=1S/C6H13NS/c1-5(2)6(7)3-8-4-6/h5H,3-4,7H2,1-2H3. The summed E-state index contributed by atoms with van der Waals surface area (Å²) in [6, 6.07) is 0. The summed E-state index contributed by atoms with van der Waals surface area (Å²) >= 11 is 1.95. The van der Waals surface area contributed by atoms with E-state index in [0.717, 1.165) is 11.5 Å². The lowest BCUT2D eigenvalue weighted by Gasteiger charge is -2.41. The van der Waals surface area contributed by atoms with Crippen molar-refractivity contribution in [3.05, 3.63) is 0 Å². The van der Waals surface area contributed by atoms with Gasteiger partial charge in [0, 0.05) is 17.0 Å². The summed E-state index contributed by atoms with van der Waals surface area (Å²) in [5.41, 5.74) is 6.11. The Morgan fingerprint density at radius 2 is 2.00 bits per heavy atom. The molecule has 2 heteroatoms. The van der Waals surface area contributed by atoms with Crippen molar-refractivity contribution in [3.63, 3.8) is 0 Å². The fraction of sp³-hybridized carbons (Fsp3) is 1.00. The number of rotatable bonds is 1. The molecule has 1 rings (SSSR count). The van der Waals surface area contributed by atoms with Gasteiger partial charge in [-0.2, -0.15) is 11.8 Å². The SMILES string of the molecule is CC(C)C1(N)CSC1. The van der Waals surface area contributed by atoms with Gasteiger partial charge in [-0.25, -0.2) is 0 Å². The van der Waals surface area contributed by atoms with Crippen LogP contribution < -0.4 is 5.73 Å². The lowest BCUT2D eigenvalue weighted by molar-refractivity contribution is 0.369. The minimum absolute atomic E-state index is 0.185. The van der Waals surface area contributed by atoms with E-state index in [1.807, 2.05) is 11.8 Å². The van der Waals surface area contributed by atoms with E-state index in [4.69, 9.17) is 5.73 Å². The topological polar surface area (TPSA) is 26.0 Å². The van der Waals surface area contributed by atoms with Gasteiger partial charge in [0.25, 0.3) is 0 Å². The Morgan fingerprint density at radius 1 is 1.50 bits per heavy atom. The van der Waals surface area contributed by atoms with Crippen LogP contribution in [0.5, 0.6) is 0 Å². The molecule has 8 heavy (non-hydrogen) atoms. The van der Waals surface area contributed by atoms with Crippen LogP contribution in [-0.2, 0) is 0 Å². The minimum atomic E-state index is 0.185. The van der Waals surface area contributed by atoms with Crippen molar-refractivity contribution in [2.75, 3.05) is 11.5 Å². The Kier molecular flexibility index (Phi) is 1.54. The highest BCUT2D eigenvalue weighted by Gasteiger charge is 2.36. The summed E-state index contributed by atoms with van der Waals surface area (Å²) in [5.74, 6) is 2.97. The van der Waals surface area contributed by atoms with E-state index in [2.05, 4.69) is 13.8 Å². The van der Waals surface area contributed by atoms with Gasteiger partial charge < -0.3 is 5.73 Å². The molecule has 0 amide bonds. The number of hydrogen-bond donors (Lipinski definition) is 1. The third kappa shape index (κ3) is 0.869. The number of hydrogen-bond acceptors (Lipinski definition) is 2. The van der Waals surface area contributed by atoms with E-state index in [0.29, 0.717) is 5.92 Å². The molecule has 0 bridgehead atoms. The average Bonchev–Trinajstić information content (AvgIpc) is 1.60.